The molecule has 238 valence electrons. The van der Waals surface area contributed by atoms with Crippen molar-refractivity contribution in [2.45, 2.75) is 55.5 Å². The Kier molecular flexibility index (Phi) is 6.01. The smallest absolute Gasteiger partial charge is 0.264 e. The van der Waals surface area contributed by atoms with Crippen molar-refractivity contribution in [3.05, 3.63) is 59.7 Å². The number of nitrogens with zero attached hydrogens (tertiary/aromatic N) is 4. The first-order chi connectivity index (χ1) is 21.2. The van der Waals surface area contributed by atoms with Gasteiger partial charge in [-0.1, -0.05) is 36.4 Å². The standard InChI is InChI=1S/C30H34N6O5S4/c1-33-22(39)28(43)11-26(16-7-3-5-9-18(16)31-20(26)35(28)13-25(33,42)14-37)27-12-29(44)23(40)34(2)30(45,15-38)24(41)36(29)21(27)32-19-10-6-4-8-17(19)27/h3-10,20-21,31-32,37-38,42-45H,11-15H2,1-2H3/t20-,21-,25-,26+,27+,28+,29+,30+/m1/s1. The maximum Gasteiger partial charge on any atom is 0.264 e. The molecule has 0 aromatic heterocycles. The van der Waals surface area contributed by atoms with Crippen molar-refractivity contribution in [1.82, 2.24) is 19.6 Å². The number of rotatable bonds is 3. The van der Waals surface area contributed by atoms with Crippen LogP contribution < -0.4 is 10.6 Å². The number of fused-ring (bicyclic) bond motifs is 11. The summed E-state index contributed by atoms with van der Waals surface area (Å²) in [6, 6.07) is 15.7. The van der Waals surface area contributed by atoms with E-state index >= 15 is 0 Å². The Balaban J connectivity index is 1.44. The van der Waals surface area contributed by atoms with E-state index in [1.807, 2.05) is 53.4 Å². The number of benzene rings is 2. The van der Waals surface area contributed by atoms with Gasteiger partial charge in [-0.2, -0.15) is 0 Å². The van der Waals surface area contributed by atoms with E-state index in [9.17, 15) is 24.6 Å². The van der Waals surface area contributed by atoms with Crippen molar-refractivity contribution < 1.29 is 24.6 Å². The molecule has 15 heteroatoms. The number of anilines is 2. The van der Waals surface area contributed by atoms with Gasteiger partial charge in [-0.3, -0.25) is 24.2 Å². The lowest BCUT2D eigenvalue weighted by atomic mass is 9.54. The third-order valence-electron chi connectivity index (χ3n) is 11.6. The van der Waals surface area contributed by atoms with E-state index in [-0.39, 0.29) is 31.9 Å². The predicted molar refractivity (Wildman–Crippen MR) is 180 cm³/mol. The molecule has 0 bridgehead atoms. The summed E-state index contributed by atoms with van der Waals surface area (Å²) >= 11 is 19.6. The van der Waals surface area contributed by atoms with Crippen molar-refractivity contribution in [2.75, 3.05) is 44.5 Å². The zero-order valence-corrected chi connectivity index (χ0v) is 28.1. The molecule has 6 aliphatic rings. The molecular weight excluding hydrogens is 653 g/mol. The molecule has 45 heavy (non-hydrogen) atoms. The summed E-state index contributed by atoms with van der Waals surface area (Å²) < 4.78 is 0. The average Bonchev–Trinajstić information content (AvgIpc) is 3.70. The fraction of sp³-hybridized carbons (Fsp3) is 0.500. The van der Waals surface area contributed by atoms with E-state index in [0.717, 1.165) is 22.5 Å². The van der Waals surface area contributed by atoms with Gasteiger partial charge in [-0.25, -0.2) is 0 Å². The van der Waals surface area contributed by atoms with Crippen LogP contribution in [-0.4, -0.2) is 113 Å². The van der Waals surface area contributed by atoms with Gasteiger partial charge >= 0.3 is 0 Å². The SMILES string of the molecule is CN1C(=O)[C@@]2(S)C[C@]3([C@]45C[C@]6(S)C(=O)N(C)[C@](S)(CO)C(=O)N6[C@H]4Nc4ccccc45)c4ccccc4N[C@@H]3N2C[C@@]1(S)CO. The average molecular weight is 687 g/mol. The lowest BCUT2D eigenvalue weighted by molar-refractivity contribution is -0.165. The molecule has 4 fully saturated rings. The Hall–Kier alpha value is -2.27. The summed E-state index contributed by atoms with van der Waals surface area (Å²) in [7, 11) is 3.09. The Morgan fingerprint density at radius 1 is 0.733 bits per heavy atom. The summed E-state index contributed by atoms with van der Waals surface area (Å²) in [5.74, 6) is -1.32. The number of amides is 3. The third kappa shape index (κ3) is 3.10. The van der Waals surface area contributed by atoms with Crippen molar-refractivity contribution in [3.8, 4) is 0 Å². The second-order valence-corrected chi connectivity index (χ2v) is 16.3. The topological polar surface area (TPSA) is 129 Å². The largest absolute Gasteiger partial charge is 0.393 e. The number of hydrogen-bond donors (Lipinski definition) is 8. The van der Waals surface area contributed by atoms with Gasteiger partial charge < -0.3 is 30.6 Å². The number of aliphatic hydroxyl groups excluding tert-OH is 2. The Bertz CT molecular complexity index is 1720. The van der Waals surface area contributed by atoms with Crippen LogP contribution in [0.4, 0.5) is 11.4 Å². The summed E-state index contributed by atoms with van der Waals surface area (Å²) in [6.45, 7) is -0.873. The summed E-state index contributed by atoms with van der Waals surface area (Å²) in [6.07, 6.45) is -1.05. The van der Waals surface area contributed by atoms with Gasteiger partial charge in [0.15, 0.2) is 9.74 Å². The maximum absolute atomic E-state index is 14.5. The van der Waals surface area contributed by atoms with Crippen LogP contribution in [0.3, 0.4) is 0 Å². The van der Waals surface area contributed by atoms with Crippen molar-refractivity contribution in [1.29, 1.82) is 0 Å². The fourth-order valence-electron chi connectivity index (χ4n) is 9.34. The normalized spacial score (nSPS) is 42.9. The minimum Gasteiger partial charge on any atom is -0.393 e. The molecule has 0 radical (unpaired) electrons. The lowest BCUT2D eigenvalue weighted by Crippen LogP contribution is -2.73. The number of thiol groups is 4. The zero-order chi connectivity index (χ0) is 32.1. The Morgan fingerprint density at radius 3 is 1.82 bits per heavy atom. The van der Waals surface area contributed by atoms with E-state index in [2.05, 4.69) is 23.3 Å². The van der Waals surface area contributed by atoms with Gasteiger partial charge in [0.25, 0.3) is 17.7 Å². The monoisotopic (exact) mass is 686 g/mol. The number of carbonyl (C=O) groups excluding carboxylic acids is 3. The van der Waals surface area contributed by atoms with Gasteiger partial charge in [-0.05, 0) is 29.7 Å². The molecule has 4 saturated heterocycles. The molecule has 0 aliphatic carbocycles. The van der Waals surface area contributed by atoms with Crippen LogP contribution in [-0.2, 0) is 25.2 Å². The maximum atomic E-state index is 14.5. The van der Waals surface area contributed by atoms with Gasteiger partial charge in [0.05, 0.1) is 24.8 Å². The first kappa shape index (κ1) is 30.1. The second-order valence-electron chi connectivity index (χ2n) is 13.3. The predicted octanol–water partition coefficient (Wildman–Crippen LogP) is 0.737. The number of hydrogen-bond acceptors (Lipinski definition) is 12. The van der Waals surface area contributed by atoms with E-state index in [1.165, 1.54) is 21.7 Å². The highest BCUT2D eigenvalue weighted by Crippen LogP contribution is 2.73. The van der Waals surface area contributed by atoms with Crippen LogP contribution >= 0.6 is 50.5 Å². The molecule has 6 aliphatic heterocycles. The number of aliphatic hydroxyl groups is 2. The van der Waals surface area contributed by atoms with Gasteiger partial charge in [0.1, 0.15) is 15.9 Å². The Labute approximate surface area is 282 Å². The van der Waals surface area contributed by atoms with Gasteiger partial charge in [0.2, 0.25) is 0 Å². The quantitative estimate of drug-likeness (QED) is 0.222. The van der Waals surface area contributed by atoms with Crippen molar-refractivity contribution in [3.63, 3.8) is 0 Å². The first-order valence-corrected chi connectivity index (χ1v) is 16.5. The first-order valence-electron chi connectivity index (χ1n) is 14.7. The van der Waals surface area contributed by atoms with Crippen LogP contribution in [0.15, 0.2) is 48.5 Å². The summed E-state index contributed by atoms with van der Waals surface area (Å²) in [5, 5.41) is 28.2. The van der Waals surface area contributed by atoms with Crippen molar-refractivity contribution in [2.24, 2.45) is 0 Å². The minimum absolute atomic E-state index is 0.0995. The zero-order valence-electron chi connectivity index (χ0n) is 24.5. The number of piperazine rings is 2. The Morgan fingerprint density at radius 2 is 1.24 bits per heavy atom. The molecule has 0 saturated carbocycles. The highest BCUT2D eigenvalue weighted by molar-refractivity contribution is 7.83. The number of carbonyl (C=O) groups is 3. The highest BCUT2D eigenvalue weighted by atomic mass is 32.1. The van der Waals surface area contributed by atoms with Crippen LogP contribution in [0, 0.1) is 0 Å². The van der Waals surface area contributed by atoms with Crippen LogP contribution in [0.2, 0.25) is 0 Å². The van der Waals surface area contributed by atoms with E-state index < -0.39 is 61.1 Å². The van der Waals surface area contributed by atoms with Crippen LogP contribution in [0.5, 0.6) is 0 Å². The van der Waals surface area contributed by atoms with Gasteiger partial charge in [-0.15, -0.1) is 50.5 Å². The van der Waals surface area contributed by atoms with E-state index in [1.54, 1.807) is 7.05 Å². The molecule has 2 aromatic rings. The van der Waals surface area contributed by atoms with Crippen LogP contribution in [0.1, 0.15) is 24.0 Å². The van der Waals surface area contributed by atoms with Gasteiger partial charge in [0, 0.05) is 43.9 Å². The van der Waals surface area contributed by atoms with E-state index in [0.29, 0.717) is 0 Å². The molecule has 6 heterocycles. The molecular formula is C30H34N6O5S4. The van der Waals surface area contributed by atoms with Crippen LogP contribution in [0.25, 0.3) is 0 Å². The molecule has 3 amide bonds. The summed E-state index contributed by atoms with van der Waals surface area (Å²) in [5.41, 5.74) is 1.46. The van der Waals surface area contributed by atoms with E-state index in [4.69, 9.17) is 37.9 Å². The number of nitrogens with one attached hydrogen (secondary N) is 2. The number of likely N-dealkylation sites (N-methyl/N-ethyl adjacent to an activating group) is 2. The molecule has 8 atom stereocenters. The third-order valence-corrected chi connectivity index (χ3v) is 13.9. The molecule has 11 nitrogen and oxygen atoms in total. The lowest BCUT2D eigenvalue weighted by Gasteiger charge is -2.52. The molecule has 4 N–H and O–H groups in total. The van der Waals surface area contributed by atoms with Crippen molar-refractivity contribution >= 4 is 79.6 Å². The summed E-state index contributed by atoms with van der Waals surface area (Å²) in [4.78, 5) is 43.4. The molecule has 8 rings (SSSR count). The highest BCUT2D eigenvalue weighted by Gasteiger charge is 2.83. The molecule has 0 spiro atoms. The fourth-order valence-corrected chi connectivity index (χ4v) is 11.0. The minimum atomic E-state index is -1.80. The number of para-hydroxylation sites is 2. The molecule has 0 unspecified atom stereocenters. The molecule has 2 aromatic carbocycles. The second kappa shape index (κ2) is 8.99.